The average molecular weight is 313 g/mol. The van der Waals surface area contributed by atoms with E-state index in [1.54, 1.807) is 0 Å². The molecule has 7 heteroatoms. The number of carbonyl (C=O) groups excluding carboxylic acids is 1. The molecule has 0 fully saturated rings. The largest absolute Gasteiger partial charge is 0.488 e. The van der Waals surface area contributed by atoms with E-state index >= 15 is 0 Å². The smallest absolute Gasteiger partial charge is 0.309 e. The molecule has 2 N–H and O–H groups in total. The van der Waals surface area contributed by atoms with Crippen molar-refractivity contribution in [3.05, 3.63) is 24.0 Å². The molecule has 122 valence electrons. The Labute approximate surface area is 128 Å². The molecule has 0 unspecified atom stereocenters. The van der Waals surface area contributed by atoms with Crippen LogP contribution in [0.5, 0.6) is 5.75 Å². The molecular formula is C15H20FNO5. The Morgan fingerprint density at radius 1 is 1.32 bits per heavy atom. The van der Waals surface area contributed by atoms with Gasteiger partial charge in [0.25, 0.3) is 0 Å². The molecule has 1 amide bonds. The van der Waals surface area contributed by atoms with Crippen LogP contribution in [0.1, 0.15) is 20.3 Å². The second-order valence-corrected chi connectivity index (χ2v) is 5.40. The van der Waals surface area contributed by atoms with Crippen molar-refractivity contribution >= 4 is 17.6 Å². The van der Waals surface area contributed by atoms with Crippen molar-refractivity contribution in [3.63, 3.8) is 0 Å². The summed E-state index contributed by atoms with van der Waals surface area (Å²) >= 11 is 0. The number of carbonyl (C=O) groups is 2. The van der Waals surface area contributed by atoms with Gasteiger partial charge in [0.2, 0.25) is 5.91 Å². The van der Waals surface area contributed by atoms with Crippen LogP contribution in [0.2, 0.25) is 0 Å². The number of methoxy groups -OCH3 is 1. The van der Waals surface area contributed by atoms with Crippen molar-refractivity contribution in [1.82, 2.24) is 0 Å². The lowest BCUT2D eigenvalue weighted by molar-refractivity contribution is -0.148. The molecule has 0 aliphatic carbocycles. The minimum atomic E-state index is -1.19. The molecule has 1 rings (SSSR count). The molecule has 0 saturated carbocycles. The Hall–Kier alpha value is -2.15. The SMILES string of the molecule is COCCOc1ccc(NC(=O)CC(C)(C)C(=O)O)cc1F. The van der Waals surface area contributed by atoms with Crippen LogP contribution in [0.15, 0.2) is 18.2 Å². The highest BCUT2D eigenvalue weighted by molar-refractivity contribution is 5.94. The van der Waals surface area contributed by atoms with E-state index in [4.69, 9.17) is 14.6 Å². The standard InChI is InChI=1S/C15H20FNO5/c1-15(2,14(19)20)9-13(18)17-10-4-5-12(11(16)8-10)22-7-6-21-3/h4-5,8H,6-7,9H2,1-3H3,(H,17,18)(H,19,20). The van der Waals surface area contributed by atoms with Crippen LogP contribution < -0.4 is 10.1 Å². The van der Waals surface area contributed by atoms with Crippen molar-refractivity contribution in [2.45, 2.75) is 20.3 Å². The Bertz CT molecular complexity index is 545. The van der Waals surface area contributed by atoms with Gasteiger partial charge < -0.3 is 19.9 Å². The van der Waals surface area contributed by atoms with Gasteiger partial charge in [0.15, 0.2) is 11.6 Å². The van der Waals surface area contributed by atoms with E-state index in [1.165, 1.54) is 33.1 Å². The van der Waals surface area contributed by atoms with Crippen molar-refractivity contribution in [2.24, 2.45) is 5.41 Å². The molecule has 0 bridgehead atoms. The third-order valence-corrected chi connectivity index (χ3v) is 2.94. The molecular weight excluding hydrogens is 293 g/mol. The lowest BCUT2D eigenvalue weighted by atomic mass is 9.89. The molecule has 0 saturated heterocycles. The quantitative estimate of drug-likeness (QED) is 0.719. The number of benzene rings is 1. The first kappa shape index (κ1) is 17.9. The third-order valence-electron chi connectivity index (χ3n) is 2.94. The topological polar surface area (TPSA) is 84.9 Å². The van der Waals surface area contributed by atoms with Gasteiger partial charge in [0.05, 0.1) is 12.0 Å². The fourth-order valence-corrected chi connectivity index (χ4v) is 1.61. The summed E-state index contributed by atoms with van der Waals surface area (Å²) in [5.41, 5.74) is -0.950. The third kappa shape index (κ3) is 5.33. The first-order valence-corrected chi connectivity index (χ1v) is 6.71. The molecule has 0 spiro atoms. The summed E-state index contributed by atoms with van der Waals surface area (Å²) in [6, 6.07) is 3.99. The number of halogens is 1. The van der Waals surface area contributed by atoms with Crippen molar-refractivity contribution in [1.29, 1.82) is 0 Å². The maximum absolute atomic E-state index is 13.8. The van der Waals surface area contributed by atoms with Gasteiger partial charge in [-0.15, -0.1) is 0 Å². The second-order valence-electron chi connectivity index (χ2n) is 5.40. The van der Waals surface area contributed by atoms with E-state index in [0.29, 0.717) is 6.61 Å². The predicted molar refractivity (Wildman–Crippen MR) is 78.4 cm³/mol. The zero-order chi connectivity index (χ0) is 16.8. The molecule has 1 aromatic carbocycles. The number of hydrogen-bond acceptors (Lipinski definition) is 4. The van der Waals surface area contributed by atoms with E-state index in [2.05, 4.69) is 5.32 Å². The first-order chi connectivity index (χ1) is 10.3. The number of nitrogens with one attached hydrogen (secondary N) is 1. The van der Waals surface area contributed by atoms with E-state index < -0.39 is 23.1 Å². The molecule has 1 aromatic rings. The van der Waals surface area contributed by atoms with Crippen LogP contribution >= 0.6 is 0 Å². The average Bonchev–Trinajstić information content (AvgIpc) is 2.40. The summed E-state index contributed by atoms with van der Waals surface area (Å²) < 4.78 is 23.7. The Kier molecular flexibility index (Phi) is 6.30. The number of carboxylic acid groups (broad SMARTS) is 1. The van der Waals surface area contributed by atoms with Gasteiger partial charge in [0, 0.05) is 25.3 Å². The van der Waals surface area contributed by atoms with Crippen LogP contribution in [-0.4, -0.2) is 37.3 Å². The molecule has 0 aliphatic rings. The molecule has 6 nitrogen and oxygen atoms in total. The van der Waals surface area contributed by atoms with Crippen LogP contribution in [0.3, 0.4) is 0 Å². The molecule has 0 aromatic heterocycles. The minimum absolute atomic E-state index is 0.0564. The Morgan fingerprint density at radius 2 is 2.00 bits per heavy atom. The lowest BCUT2D eigenvalue weighted by Crippen LogP contribution is -2.29. The maximum Gasteiger partial charge on any atom is 0.309 e. The number of amides is 1. The van der Waals surface area contributed by atoms with Gasteiger partial charge in [-0.2, -0.15) is 0 Å². The fraction of sp³-hybridized carbons (Fsp3) is 0.467. The van der Waals surface area contributed by atoms with Crippen LogP contribution in [0.4, 0.5) is 10.1 Å². The highest BCUT2D eigenvalue weighted by Crippen LogP contribution is 2.24. The first-order valence-electron chi connectivity index (χ1n) is 6.71. The van der Waals surface area contributed by atoms with E-state index in [-0.39, 0.29) is 24.5 Å². The number of anilines is 1. The van der Waals surface area contributed by atoms with E-state index in [9.17, 15) is 14.0 Å². The predicted octanol–water partition coefficient (Wildman–Crippen LogP) is 2.29. The van der Waals surface area contributed by atoms with Gasteiger partial charge in [0.1, 0.15) is 6.61 Å². The highest BCUT2D eigenvalue weighted by Gasteiger charge is 2.30. The monoisotopic (exact) mass is 313 g/mol. The molecule has 0 heterocycles. The van der Waals surface area contributed by atoms with Gasteiger partial charge in [-0.25, -0.2) is 4.39 Å². The highest BCUT2D eigenvalue weighted by atomic mass is 19.1. The number of aliphatic carboxylic acids is 1. The summed E-state index contributed by atoms with van der Waals surface area (Å²) in [6.45, 7) is 3.44. The normalized spacial score (nSPS) is 11.1. The summed E-state index contributed by atoms with van der Waals surface area (Å²) in [4.78, 5) is 22.8. The van der Waals surface area contributed by atoms with Gasteiger partial charge >= 0.3 is 5.97 Å². The van der Waals surface area contributed by atoms with Gasteiger partial charge in [-0.3, -0.25) is 9.59 Å². The van der Waals surface area contributed by atoms with Crippen molar-refractivity contribution in [3.8, 4) is 5.75 Å². The molecule has 0 atom stereocenters. The van der Waals surface area contributed by atoms with E-state index in [1.807, 2.05) is 0 Å². The number of carboxylic acids is 1. The Morgan fingerprint density at radius 3 is 2.55 bits per heavy atom. The minimum Gasteiger partial charge on any atom is -0.488 e. The Balaban J connectivity index is 2.65. The number of ether oxygens (including phenoxy) is 2. The molecule has 0 radical (unpaired) electrons. The van der Waals surface area contributed by atoms with E-state index in [0.717, 1.165) is 6.07 Å². The summed E-state index contributed by atoms with van der Waals surface area (Å²) in [6.07, 6.45) is -0.212. The molecule has 22 heavy (non-hydrogen) atoms. The van der Waals surface area contributed by atoms with Crippen molar-refractivity contribution in [2.75, 3.05) is 25.6 Å². The molecule has 0 aliphatic heterocycles. The lowest BCUT2D eigenvalue weighted by Gasteiger charge is -2.18. The second kappa shape index (κ2) is 7.74. The summed E-state index contributed by atoms with van der Waals surface area (Å²) in [5.74, 6) is -2.14. The zero-order valence-corrected chi connectivity index (χ0v) is 12.8. The maximum atomic E-state index is 13.8. The van der Waals surface area contributed by atoms with Crippen LogP contribution in [0, 0.1) is 11.2 Å². The van der Waals surface area contributed by atoms with Gasteiger partial charge in [-0.05, 0) is 26.0 Å². The summed E-state index contributed by atoms with van der Waals surface area (Å²) in [5, 5.41) is 11.4. The van der Waals surface area contributed by atoms with Crippen LogP contribution in [-0.2, 0) is 14.3 Å². The summed E-state index contributed by atoms with van der Waals surface area (Å²) in [7, 11) is 1.51. The number of rotatable bonds is 8. The van der Waals surface area contributed by atoms with Crippen LogP contribution in [0.25, 0.3) is 0 Å². The van der Waals surface area contributed by atoms with Crippen molar-refractivity contribution < 1.29 is 28.6 Å². The number of hydrogen-bond donors (Lipinski definition) is 2. The fourth-order valence-electron chi connectivity index (χ4n) is 1.61. The zero-order valence-electron chi connectivity index (χ0n) is 12.8. The van der Waals surface area contributed by atoms with Gasteiger partial charge in [-0.1, -0.05) is 0 Å².